The van der Waals surface area contributed by atoms with E-state index in [1.807, 2.05) is 0 Å². The van der Waals surface area contributed by atoms with Crippen LogP contribution in [0.5, 0.6) is 0 Å². The van der Waals surface area contributed by atoms with Crippen LogP contribution in [0.2, 0.25) is 0 Å². The fraction of sp³-hybridized carbons (Fsp3) is 0.417. The molecule has 0 atom stereocenters. The lowest BCUT2D eigenvalue weighted by molar-refractivity contribution is 0.0953. The number of hydrogen-bond donors (Lipinski definition) is 2. The van der Waals surface area contributed by atoms with E-state index < -0.39 is 0 Å². The quantitative estimate of drug-likeness (QED) is 0.737. The first kappa shape index (κ1) is 11.1. The Morgan fingerprint density at radius 3 is 2.88 bits per heavy atom. The van der Waals surface area contributed by atoms with E-state index in [1.165, 1.54) is 31.0 Å². The first-order valence-electron chi connectivity index (χ1n) is 5.53. The van der Waals surface area contributed by atoms with Crippen LogP contribution in [-0.2, 0) is 0 Å². The number of benzene rings is 1. The van der Waals surface area contributed by atoms with Crippen LogP contribution in [-0.4, -0.2) is 25.0 Å². The second kappa shape index (κ2) is 5.07. The van der Waals surface area contributed by atoms with Gasteiger partial charge in [0.05, 0.1) is 0 Å². The molecule has 16 heavy (non-hydrogen) atoms. The smallest absolute Gasteiger partial charge is 0.251 e. The zero-order chi connectivity index (χ0) is 11.4. The second-order valence-electron chi connectivity index (χ2n) is 3.99. The van der Waals surface area contributed by atoms with E-state index in [4.69, 9.17) is 0 Å². The van der Waals surface area contributed by atoms with Crippen molar-refractivity contribution < 1.29 is 9.18 Å². The Kier molecular flexibility index (Phi) is 3.51. The van der Waals surface area contributed by atoms with Gasteiger partial charge in [0.2, 0.25) is 0 Å². The minimum atomic E-state index is -0.385. The second-order valence-corrected chi connectivity index (χ2v) is 3.99. The Balaban J connectivity index is 1.73. The van der Waals surface area contributed by atoms with Crippen LogP contribution in [0.3, 0.4) is 0 Å². The van der Waals surface area contributed by atoms with E-state index in [0.29, 0.717) is 18.2 Å². The van der Waals surface area contributed by atoms with Gasteiger partial charge in [-0.2, -0.15) is 0 Å². The van der Waals surface area contributed by atoms with E-state index in [1.54, 1.807) is 6.07 Å². The van der Waals surface area contributed by atoms with Crippen LogP contribution in [0.1, 0.15) is 23.2 Å². The van der Waals surface area contributed by atoms with Crippen LogP contribution in [0, 0.1) is 5.82 Å². The van der Waals surface area contributed by atoms with Gasteiger partial charge in [-0.1, -0.05) is 6.07 Å². The van der Waals surface area contributed by atoms with Gasteiger partial charge in [-0.05, 0) is 31.0 Å². The predicted molar refractivity (Wildman–Crippen MR) is 59.8 cm³/mol. The summed E-state index contributed by atoms with van der Waals surface area (Å²) in [6.45, 7) is 1.34. The third-order valence-electron chi connectivity index (χ3n) is 2.51. The highest BCUT2D eigenvalue weighted by atomic mass is 19.1. The Hall–Kier alpha value is -1.42. The van der Waals surface area contributed by atoms with Crippen LogP contribution in [0.15, 0.2) is 24.3 Å². The minimum absolute atomic E-state index is 0.225. The molecule has 1 aliphatic carbocycles. The topological polar surface area (TPSA) is 41.1 Å². The maximum atomic E-state index is 12.8. The van der Waals surface area contributed by atoms with Gasteiger partial charge in [0.1, 0.15) is 5.82 Å². The fourth-order valence-corrected chi connectivity index (χ4v) is 1.47. The summed E-state index contributed by atoms with van der Waals surface area (Å²) in [5, 5.41) is 6.03. The molecule has 3 nitrogen and oxygen atoms in total. The number of carbonyl (C=O) groups is 1. The zero-order valence-electron chi connectivity index (χ0n) is 9.00. The number of amides is 1. The van der Waals surface area contributed by atoms with Crippen molar-refractivity contribution in [2.45, 2.75) is 18.9 Å². The predicted octanol–water partition coefficient (Wildman–Crippen LogP) is 1.31. The maximum Gasteiger partial charge on any atom is 0.251 e. The third-order valence-corrected chi connectivity index (χ3v) is 2.51. The van der Waals surface area contributed by atoms with Crippen molar-refractivity contribution in [2.24, 2.45) is 0 Å². The van der Waals surface area contributed by atoms with Crippen molar-refractivity contribution in [3.8, 4) is 0 Å². The normalized spacial score (nSPS) is 14.8. The molecule has 4 heteroatoms. The number of nitrogens with one attached hydrogen (secondary N) is 2. The number of halogens is 1. The van der Waals surface area contributed by atoms with Crippen molar-refractivity contribution in [3.05, 3.63) is 35.6 Å². The molecule has 1 fully saturated rings. The average molecular weight is 222 g/mol. The van der Waals surface area contributed by atoms with E-state index in [9.17, 15) is 9.18 Å². The molecule has 0 heterocycles. The molecule has 2 rings (SSSR count). The summed E-state index contributed by atoms with van der Waals surface area (Å²) < 4.78 is 12.8. The molecule has 0 aliphatic heterocycles. The lowest BCUT2D eigenvalue weighted by Gasteiger charge is -2.05. The molecule has 1 aromatic rings. The highest BCUT2D eigenvalue weighted by Gasteiger charge is 2.19. The van der Waals surface area contributed by atoms with E-state index >= 15 is 0 Å². The SMILES string of the molecule is O=C(NCCNC1CC1)c1cccc(F)c1. The van der Waals surface area contributed by atoms with Crippen LogP contribution >= 0.6 is 0 Å². The lowest BCUT2D eigenvalue weighted by atomic mass is 10.2. The van der Waals surface area contributed by atoms with Gasteiger partial charge in [-0.25, -0.2) is 4.39 Å². The molecule has 0 spiro atoms. The molecule has 0 saturated heterocycles. The van der Waals surface area contributed by atoms with Gasteiger partial charge in [0, 0.05) is 24.7 Å². The standard InChI is InChI=1S/C12H15FN2O/c13-10-3-1-2-9(8-10)12(16)15-7-6-14-11-4-5-11/h1-3,8,11,14H,4-7H2,(H,15,16). The van der Waals surface area contributed by atoms with Gasteiger partial charge in [-0.15, -0.1) is 0 Å². The van der Waals surface area contributed by atoms with Gasteiger partial charge < -0.3 is 10.6 Å². The van der Waals surface area contributed by atoms with Gasteiger partial charge in [0.15, 0.2) is 0 Å². The summed E-state index contributed by atoms with van der Waals surface area (Å²) in [6.07, 6.45) is 2.47. The average Bonchev–Trinajstić information content (AvgIpc) is 3.08. The molecule has 0 unspecified atom stereocenters. The lowest BCUT2D eigenvalue weighted by Crippen LogP contribution is -2.32. The summed E-state index contributed by atoms with van der Waals surface area (Å²) in [7, 11) is 0. The first-order chi connectivity index (χ1) is 7.75. The molecule has 0 aromatic heterocycles. The highest BCUT2D eigenvalue weighted by Crippen LogP contribution is 2.17. The molecule has 0 bridgehead atoms. The first-order valence-corrected chi connectivity index (χ1v) is 5.53. The molecule has 1 saturated carbocycles. The Bertz CT molecular complexity index is 377. The Labute approximate surface area is 94.0 Å². The van der Waals surface area contributed by atoms with Crippen molar-refractivity contribution in [3.63, 3.8) is 0 Å². The number of hydrogen-bond acceptors (Lipinski definition) is 2. The summed E-state index contributed by atoms with van der Waals surface area (Å²) >= 11 is 0. The third kappa shape index (κ3) is 3.31. The van der Waals surface area contributed by atoms with Crippen LogP contribution < -0.4 is 10.6 Å². The van der Waals surface area contributed by atoms with Crippen molar-refractivity contribution in [2.75, 3.05) is 13.1 Å². The fourth-order valence-electron chi connectivity index (χ4n) is 1.47. The molecular weight excluding hydrogens is 207 g/mol. The van der Waals surface area contributed by atoms with Crippen molar-refractivity contribution in [1.82, 2.24) is 10.6 Å². The van der Waals surface area contributed by atoms with Crippen LogP contribution in [0.4, 0.5) is 4.39 Å². The summed E-state index contributed by atoms with van der Waals surface area (Å²) in [6, 6.07) is 6.35. The molecular formula is C12H15FN2O. The molecule has 1 amide bonds. The monoisotopic (exact) mass is 222 g/mol. The summed E-state index contributed by atoms with van der Waals surface area (Å²) in [5.41, 5.74) is 0.367. The molecule has 2 N–H and O–H groups in total. The highest BCUT2D eigenvalue weighted by molar-refractivity contribution is 5.94. The molecule has 0 radical (unpaired) electrons. The Morgan fingerprint density at radius 1 is 1.38 bits per heavy atom. The number of carbonyl (C=O) groups excluding carboxylic acids is 1. The Morgan fingerprint density at radius 2 is 2.19 bits per heavy atom. The molecule has 1 aromatic carbocycles. The zero-order valence-corrected chi connectivity index (χ0v) is 9.00. The maximum absolute atomic E-state index is 12.8. The van der Waals surface area contributed by atoms with E-state index in [2.05, 4.69) is 10.6 Å². The molecule has 86 valence electrons. The summed E-state index contributed by atoms with van der Waals surface area (Å²) in [5.74, 6) is -0.610. The van der Waals surface area contributed by atoms with Gasteiger partial charge >= 0.3 is 0 Å². The van der Waals surface area contributed by atoms with Gasteiger partial charge in [0.25, 0.3) is 5.91 Å². The van der Waals surface area contributed by atoms with Crippen molar-refractivity contribution >= 4 is 5.91 Å². The summed E-state index contributed by atoms with van der Waals surface area (Å²) in [4.78, 5) is 11.6. The minimum Gasteiger partial charge on any atom is -0.351 e. The largest absolute Gasteiger partial charge is 0.351 e. The molecule has 1 aliphatic rings. The number of rotatable bonds is 5. The van der Waals surface area contributed by atoms with E-state index in [-0.39, 0.29) is 11.7 Å². The van der Waals surface area contributed by atoms with Crippen LogP contribution in [0.25, 0.3) is 0 Å². The van der Waals surface area contributed by atoms with Gasteiger partial charge in [-0.3, -0.25) is 4.79 Å². The van der Waals surface area contributed by atoms with E-state index in [0.717, 1.165) is 6.54 Å². The van der Waals surface area contributed by atoms with Crippen molar-refractivity contribution in [1.29, 1.82) is 0 Å².